The average Bonchev–Trinajstić information content (AvgIpc) is 2.99. The summed E-state index contributed by atoms with van der Waals surface area (Å²) in [6, 6.07) is 0. The predicted molar refractivity (Wildman–Crippen MR) is 97.3 cm³/mol. The average molecular weight is 349 g/mol. The molecule has 0 N–H and O–H groups in total. The van der Waals surface area contributed by atoms with Crippen LogP contribution in [-0.4, -0.2) is 45.0 Å². The first-order valence-corrected chi connectivity index (χ1v) is 8.94. The van der Waals surface area contributed by atoms with Gasteiger partial charge in [0.25, 0.3) is 5.56 Å². The summed E-state index contributed by atoms with van der Waals surface area (Å²) in [6.07, 6.45) is 2.21. The standard InChI is InChI=1S/C17H27N5O3/c1-5-25-11-10-22-13-14(19(3)17(24)20(4)15(13)23)18-16(22)21-8-6-12(2)7-9-21/h12H,5-11H2,1-4H3. The van der Waals surface area contributed by atoms with Gasteiger partial charge in [-0.1, -0.05) is 6.92 Å². The third-order valence-electron chi connectivity index (χ3n) is 5.06. The second-order valence-corrected chi connectivity index (χ2v) is 6.81. The van der Waals surface area contributed by atoms with Crippen molar-refractivity contribution in [1.29, 1.82) is 0 Å². The Hall–Kier alpha value is -2.09. The van der Waals surface area contributed by atoms with E-state index < -0.39 is 0 Å². The summed E-state index contributed by atoms with van der Waals surface area (Å²) in [5.74, 6) is 1.47. The van der Waals surface area contributed by atoms with E-state index in [0.717, 1.165) is 36.4 Å². The molecule has 0 radical (unpaired) electrons. The molecule has 1 saturated heterocycles. The van der Waals surface area contributed by atoms with Gasteiger partial charge in [-0.2, -0.15) is 4.98 Å². The van der Waals surface area contributed by atoms with Crippen molar-refractivity contribution in [3.63, 3.8) is 0 Å². The van der Waals surface area contributed by atoms with E-state index in [-0.39, 0.29) is 11.2 Å². The maximum absolute atomic E-state index is 12.7. The summed E-state index contributed by atoms with van der Waals surface area (Å²) in [6.45, 7) is 7.70. The summed E-state index contributed by atoms with van der Waals surface area (Å²) >= 11 is 0. The molecule has 3 heterocycles. The van der Waals surface area contributed by atoms with Gasteiger partial charge in [0.1, 0.15) is 0 Å². The normalized spacial score (nSPS) is 16.1. The van der Waals surface area contributed by atoms with Gasteiger partial charge in [0.2, 0.25) is 5.95 Å². The fraction of sp³-hybridized carbons (Fsp3) is 0.706. The molecular formula is C17H27N5O3. The number of hydrogen-bond acceptors (Lipinski definition) is 5. The van der Waals surface area contributed by atoms with E-state index in [1.165, 1.54) is 11.6 Å². The summed E-state index contributed by atoms with van der Waals surface area (Å²) in [5.41, 5.74) is 0.251. The van der Waals surface area contributed by atoms with Gasteiger partial charge in [0, 0.05) is 40.3 Å². The van der Waals surface area contributed by atoms with Gasteiger partial charge in [-0.15, -0.1) is 0 Å². The fourth-order valence-electron chi connectivity index (χ4n) is 3.40. The van der Waals surface area contributed by atoms with Crippen LogP contribution in [0, 0.1) is 5.92 Å². The Labute approximate surface area is 146 Å². The SMILES string of the molecule is CCOCCn1c(N2CCC(C)CC2)nc2c1c(=O)n(C)c(=O)n2C. The van der Waals surface area contributed by atoms with Crippen LogP contribution in [0.4, 0.5) is 5.95 Å². The molecule has 1 aliphatic rings. The number of ether oxygens (including phenoxy) is 1. The molecule has 8 nitrogen and oxygen atoms in total. The Morgan fingerprint density at radius 2 is 1.84 bits per heavy atom. The van der Waals surface area contributed by atoms with Crippen molar-refractivity contribution in [1.82, 2.24) is 18.7 Å². The number of aromatic nitrogens is 4. The zero-order chi connectivity index (χ0) is 18.1. The largest absolute Gasteiger partial charge is 0.380 e. The van der Waals surface area contributed by atoms with Gasteiger partial charge >= 0.3 is 5.69 Å². The van der Waals surface area contributed by atoms with E-state index in [4.69, 9.17) is 4.74 Å². The zero-order valence-corrected chi connectivity index (χ0v) is 15.5. The lowest BCUT2D eigenvalue weighted by Crippen LogP contribution is -2.38. The van der Waals surface area contributed by atoms with Crippen LogP contribution >= 0.6 is 0 Å². The molecule has 25 heavy (non-hydrogen) atoms. The molecule has 0 aliphatic carbocycles. The number of rotatable bonds is 5. The van der Waals surface area contributed by atoms with Crippen LogP contribution < -0.4 is 16.1 Å². The summed E-state index contributed by atoms with van der Waals surface area (Å²) in [4.78, 5) is 31.9. The van der Waals surface area contributed by atoms with Crippen LogP contribution in [0.2, 0.25) is 0 Å². The summed E-state index contributed by atoms with van der Waals surface area (Å²) in [7, 11) is 3.16. The molecule has 2 aromatic rings. The van der Waals surface area contributed by atoms with Crippen molar-refractivity contribution in [2.75, 3.05) is 31.2 Å². The Morgan fingerprint density at radius 1 is 1.16 bits per heavy atom. The lowest BCUT2D eigenvalue weighted by molar-refractivity contribution is 0.140. The highest BCUT2D eigenvalue weighted by molar-refractivity contribution is 5.74. The van der Waals surface area contributed by atoms with Gasteiger partial charge in [-0.3, -0.25) is 13.9 Å². The van der Waals surface area contributed by atoms with Crippen LogP contribution in [0.25, 0.3) is 11.2 Å². The Balaban J connectivity index is 2.16. The van der Waals surface area contributed by atoms with Crippen molar-refractivity contribution < 1.29 is 4.74 Å². The molecule has 1 aliphatic heterocycles. The van der Waals surface area contributed by atoms with Gasteiger partial charge in [-0.05, 0) is 25.7 Å². The smallest absolute Gasteiger partial charge is 0.332 e. The van der Waals surface area contributed by atoms with Gasteiger partial charge in [0.15, 0.2) is 11.2 Å². The number of anilines is 1. The second-order valence-electron chi connectivity index (χ2n) is 6.81. The van der Waals surface area contributed by atoms with E-state index in [0.29, 0.717) is 36.8 Å². The third-order valence-corrected chi connectivity index (χ3v) is 5.06. The quantitative estimate of drug-likeness (QED) is 0.743. The Kier molecular flexibility index (Phi) is 4.99. The van der Waals surface area contributed by atoms with Crippen LogP contribution in [0.5, 0.6) is 0 Å². The van der Waals surface area contributed by atoms with Crippen molar-refractivity contribution in [2.24, 2.45) is 20.0 Å². The molecule has 8 heteroatoms. The summed E-state index contributed by atoms with van der Waals surface area (Å²) < 4.78 is 10.0. The molecule has 0 aromatic carbocycles. The van der Waals surface area contributed by atoms with E-state index in [2.05, 4.69) is 16.8 Å². The summed E-state index contributed by atoms with van der Waals surface area (Å²) in [5, 5.41) is 0. The number of nitrogens with zero attached hydrogens (tertiary/aromatic N) is 5. The molecule has 2 aromatic heterocycles. The maximum atomic E-state index is 12.7. The first-order chi connectivity index (χ1) is 12.0. The van der Waals surface area contributed by atoms with Crippen molar-refractivity contribution in [2.45, 2.75) is 33.2 Å². The van der Waals surface area contributed by atoms with Crippen LogP contribution in [0.15, 0.2) is 9.59 Å². The van der Waals surface area contributed by atoms with Crippen molar-refractivity contribution in [3.8, 4) is 0 Å². The number of imidazole rings is 1. The van der Waals surface area contributed by atoms with Gasteiger partial charge < -0.3 is 14.2 Å². The highest BCUT2D eigenvalue weighted by atomic mass is 16.5. The topological polar surface area (TPSA) is 74.3 Å². The minimum absolute atomic E-state index is 0.307. The highest BCUT2D eigenvalue weighted by Gasteiger charge is 2.25. The third kappa shape index (κ3) is 3.10. The lowest BCUT2D eigenvalue weighted by Gasteiger charge is -2.31. The van der Waals surface area contributed by atoms with Crippen molar-refractivity contribution >= 4 is 17.1 Å². The molecule has 0 amide bonds. The molecule has 138 valence electrons. The van der Waals surface area contributed by atoms with E-state index >= 15 is 0 Å². The Morgan fingerprint density at radius 3 is 2.48 bits per heavy atom. The minimum atomic E-state index is -0.356. The molecule has 1 fully saturated rings. The molecule has 0 unspecified atom stereocenters. The van der Waals surface area contributed by atoms with E-state index in [9.17, 15) is 9.59 Å². The van der Waals surface area contributed by atoms with Crippen LogP contribution in [0.1, 0.15) is 26.7 Å². The second kappa shape index (κ2) is 7.03. The minimum Gasteiger partial charge on any atom is -0.380 e. The number of hydrogen-bond donors (Lipinski definition) is 0. The van der Waals surface area contributed by atoms with Crippen LogP contribution in [0.3, 0.4) is 0 Å². The van der Waals surface area contributed by atoms with Gasteiger partial charge in [0.05, 0.1) is 6.61 Å². The first-order valence-electron chi connectivity index (χ1n) is 8.94. The predicted octanol–water partition coefficient (Wildman–Crippen LogP) is 0.707. The number of piperidine rings is 1. The maximum Gasteiger partial charge on any atom is 0.332 e. The number of fused-ring (bicyclic) bond motifs is 1. The van der Waals surface area contributed by atoms with E-state index in [1.54, 1.807) is 7.05 Å². The molecule has 0 saturated carbocycles. The fourth-order valence-corrected chi connectivity index (χ4v) is 3.40. The van der Waals surface area contributed by atoms with Crippen LogP contribution in [-0.2, 0) is 25.4 Å². The number of aryl methyl sites for hydroxylation is 1. The Bertz CT molecular complexity index is 871. The molecule has 3 rings (SSSR count). The monoisotopic (exact) mass is 349 g/mol. The lowest BCUT2D eigenvalue weighted by atomic mass is 10.00. The van der Waals surface area contributed by atoms with E-state index in [1.807, 2.05) is 11.5 Å². The highest BCUT2D eigenvalue weighted by Crippen LogP contribution is 2.25. The molecule has 0 atom stereocenters. The van der Waals surface area contributed by atoms with Gasteiger partial charge in [-0.25, -0.2) is 4.79 Å². The molecule has 0 bridgehead atoms. The molecular weight excluding hydrogens is 322 g/mol. The first kappa shape index (κ1) is 17.7. The zero-order valence-electron chi connectivity index (χ0n) is 15.5. The molecule has 0 spiro atoms. The van der Waals surface area contributed by atoms with Crippen molar-refractivity contribution in [3.05, 3.63) is 20.8 Å².